The van der Waals surface area contributed by atoms with Crippen molar-refractivity contribution >= 4 is 15.9 Å². The number of hydrogen-bond donors (Lipinski definition) is 2. The molecule has 114 valence electrons. The van der Waals surface area contributed by atoms with E-state index in [2.05, 4.69) is 10.0 Å². The molecule has 1 atom stereocenters. The molecule has 6 nitrogen and oxygen atoms in total. The van der Waals surface area contributed by atoms with Crippen LogP contribution >= 0.6 is 0 Å². The first kappa shape index (κ1) is 14.3. The fourth-order valence-electron chi connectivity index (χ4n) is 2.64. The summed E-state index contributed by atoms with van der Waals surface area (Å²) in [7, 11) is -3.70. The maximum absolute atomic E-state index is 12.4. The number of hydrogen-bond acceptors (Lipinski definition) is 4. The van der Waals surface area contributed by atoms with Crippen LogP contribution in [0.3, 0.4) is 0 Å². The third-order valence-corrected chi connectivity index (χ3v) is 5.27. The van der Waals surface area contributed by atoms with Crippen LogP contribution in [0.5, 0.6) is 5.75 Å². The predicted octanol–water partition coefficient (Wildman–Crippen LogP) is 0.568. The van der Waals surface area contributed by atoms with Crippen molar-refractivity contribution < 1.29 is 17.9 Å². The molecule has 0 aromatic heterocycles. The molecule has 3 rings (SSSR count). The number of fused-ring (bicyclic) bond motifs is 1. The number of benzene rings is 1. The van der Waals surface area contributed by atoms with E-state index in [9.17, 15) is 13.2 Å². The monoisotopic (exact) mass is 310 g/mol. The largest absolute Gasteiger partial charge is 0.493 e. The summed E-state index contributed by atoms with van der Waals surface area (Å²) >= 11 is 0. The normalized spacial score (nSPS) is 22.1. The first-order valence-electron chi connectivity index (χ1n) is 7.12. The van der Waals surface area contributed by atoms with E-state index in [1.807, 2.05) is 0 Å². The third-order valence-electron chi connectivity index (χ3n) is 3.80. The van der Waals surface area contributed by atoms with Crippen molar-refractivity contribution in [2.75, 3.05) is 13.2 Å². The van der Waals surface area contributed by atoms with E-state index in [4.69, 9.17) is 4.74 Å². The average Bonchev–Trinajstić information content (AvgIpc) is 2.84. The molecule has 0 saturated carbocycles. The van der Waals surface area contributed by atoms with E-state index >= 15 is 0 Å². The van der Waals surface area contributed by atoms with Gasteiger partial charge in [0.2, 0.25) is 15.9 Å². The molecule has 0 spiro atoms. The third kappa shape index (κ3) is 3.03. The van der Waals surface area contributed by atoms with Crippen molar-refractivity contribution in [1.82, 2.24) is 10.0 Å². The van der Waals surface area contributed by atoms with Crippen LogP contribution in [0.4, 0.5) is 0 Å². The van der Waals surface area contributed by atoms with E-state index in [0.717, 1.165) is 24.2 Å². The SMILES string of the molecule is O=C1NCCCC[C@H]1NS(=O)(=O)c1ccc2c(c1)CCO2. The van der Waals surface area contributed by atoms with Gasteiger partial charge in [-0.1, -0.05) is 0 Å². The maximum atomic E-state index is 12.4. The molecule has 7 heteroatoms. The fraction of sp³-hybridized carbons (Fsp3) is 0.500. The lowest BCUT2D eigenvalue weighted by molar-refractivity contribution is -0.122. The van der Waals surface area contributed by atoms with Crippen molar-refractivity contribution in [3.63, 3.8) is 0 Å². The second kappa shape index (κ2) is 5.65. The second-order valence-corrected chi connectivity index (χ2v) is 7.04. The van der Waals surface area contributed by atoms with Crippen LogP contribution in [0.1, 0.15) is 24.8 Å². The summed E-state index contributed by atoms with van der Waals surface area (Å²) in [5.41, 5.74) is 0.892. The molecule has 0 radical (unpaired) electrons. The summed E-state index contributed by atoms with van der Waals surface area (Å²) in [5.74, 6) is 0.488. The molecular weight excluding hydrogens is 292 g/mol. The number of carbonyl (C=O) groups excluding carboxylic acids is 1. The Morgan fingerprint density at radius 3 is 3.00 bits per heavy atom. The minimum absolute atomic E-state index is 0.184. The van der Waals surface area contributed by atoms with Crippen LogP contribution in [0, 0.1) is 0 Å². The van der Waals surface area contributed by atoms with Gasteiger partial charge >= 0.3 is 0 Å². The Bertz CT molecular complexity index is 657. The molecule has 0 unspecified atom stereocenters. The molecule has 0 aliphatic carbocycles. The van der Waals surface area contributed by atoms with Gasteiger partial charge in [-0.05, 0) is 43.0 Å². The summed E-state index contributed by atoms with van der Waals surface area (Å²) < 4.78 is 32.7. The van der Waals surface area contributed by atoms with Crippen LogP contribution in [0.15, 0.2) is 23.1 Å². The van der Waals surface area contributed by atoms with E-state index in [1.54, 1.807) is 12.1 Å². The van der Waals surface area contributed by atoms with Crippen molar-refractivity contribution in [3.8, 4) is 5.75 Å². The second-order valence-electron chi connectivity index (χ2n) is 5.33. The first-order valence-corrected chi connectivity index (χ1v) is 8.60. The molecular formula is C14H18N2O4S. The minimum Gasteiger partial charge on any atom is -0.493 e. The Labute approximate surface area is 123 Å². The van der Waals surface area contributed by atoms with Gasteiger partial charge in [-0.25, -0.2) is 8.42 Å². The molecule has 1 aromatic carbocycles. The summed E-state index contributed by atoms with van der Waals surface area (Å²) in [5, 5.41) is 2.72. The van der Waals surface area contributed by atoms with E-state index in [-0.39, 0.29) is 10.8 Å². The van der Waals surface area contributed by atoms with Gasteiger partial charge in [0.25, 0.3) is 0 Å². The lowest BCUT2D eigenvalue weighted by Gasteiger charge is -2.15. The summed E-state index contributed by atoms with van der Waals surface area (Å²) in [6.07, 6.45) is 2.94. The molecule has 0 bridgehead atoms. The zero-order chi connectivity index (χ0) is 14.9. The van der Waals surface area contributed by atoms with Gasteiger partial charge in [0.05, 0.1) is 11.5 Å². The van der Waals surface area contributed by atoms with Gasteiger partial charge in [-0.2, -0.15) is 4.72 Å². The predicted molar refractivity (Wildman–Crippen MR) is 76.6 cm³/mol. The van der Waals surface area contributed by atoms with Crippen molar-refractivity contribution in [2.24, 2.45) is 0 Å². The van der Waals surface area contributed by atoms with Crippen molar-refractivity contribution in [2.45, 2.75) is 36.6 Å². The molecule has 1 amide bonds. The van der Waals surface area contributed by atoms with Gasteiger partial charge in [-0.3, -0.25) is 4.79 Å². The van der Waals surface area contributed by atoms with Gasteiger partial charge in [-0.15, -0.1) is 0 Å². The Morgan fingerprint density at radius 2 is 2.14 bits per heavy atom. The first-order chi connectivity index (χ1) is 10.1. The number of sulfonamides is 1. The summed E-state index contributed by atoms with van der Waals surface area (Å²) in [6, 6.07) is 4.12. The maximum Gasteiger partial charge on any atom is 0.241 e. The zero-order valence-electron chi connectivity index (χ0n) is 11.6. The van der Waals surface area contributed by atoms with Gasteiger partial charge in [0.1, 0.15) is 11.8 Å². The van der Waals surface area contributed by atoms with Crippen LogP contribution in [0.25, 0.3) is 0 Å². The topological polar surface area (TPSA) is 84.5 Å². The summed E-state index contributed by atoms with van der Waals surface area (Å²) in [6.45, 7) is 1.19. The number of rotatable bonds is 3. The molecule has 1 aromatic rings. The lowest BCUT2D eigenvalue weighted by Crippen LogP contribution is -2.45. The van der Waals surface area contributed by atoms with E-state index < -0.39 is 16.1 Å². The highest BCUT2D eigenvalue weighted by molar-refractivity contribution is 7.89. The highest BCUT2D eigenvalue weighted by Gasteiger charge is 2.27. The quantitative estimate of drug-likeness (QED) is 0.855. The Morgan fingerprint density at radius 1 is 1.29 bits per heavy atom. The lowest BCUT2D eigenvalue weighted by atomic mass is 10.1. The standard InChI is InChI=1S/C14H18N2O4S/c17-14-12(3-1-2-7-15-14)16-21(18,19)11-4-5-13-10(9-11)6-8-20-13/h4-5,9,12,16H,1-3,6-8H2,(H,15,17)/t12-/m1/s1. The molecule has 1 fully saturated rings. The fourth-order valence-corrected chi connectivity index (χ4v) is 3.92. The van der Waals surface area contributed by atoms with Gasteiger partial charge in [0, 0.05) is 13.0 Å². The summed E-state index contributed by atoms with van der Waals surface area (Å²) in [4.78, 5) is 12.0. The highest BCUT2D eigenvalue weighted by Crippen LogP contribution is 2.27. The average molecular weight is 310 g/mol. The molecule has 21 heavy (non-hydrogen) atoms. The van der Waals surface area contributed by atoms with Crippen LogP contribution < -0.4 is 14.8 Å². The smallest absolute Gasteiger partial charge is 0.241 e. The van der Waals surface area contributed by atoms with Crippen molar-refractivity contribution in [1.29, 1.82) is 0 Å². The van der Waals surface area contributed by atoms with Crippen LogP contribution in [-0.2, 0) is 21.2 Å². The van der Waals surface area contributed by atoms with Gasteiger partial charge < -0.3 is 10.1 Å². The molecule has 2 aliphatic heterocycles. The van der Waals surface area contributed by atoms with Gasteiger partial charge in [0.15, 0.2) is 0 Å². The minimum atomic E-state index is -3.70. The van der Waals surface area contributed by atoms with Crippen LogP contribution in [-0.4, -0.2) is 33.5 Å². The molecule has 2 heterocycles. The molecule has 2 aliphatic rings. The van der Waals surface area contributed by atoms with E-state index in [0.29, 0.717) is 26.0 Å². The molecule has 2 N–H and O–H groups in total. The van der Waals surface area contributed by atoms with Crippen LogP contribution in [0.2, 0.25) is 0 Å². The Balaban J connectivity index is 1.81. The van der Waals surface area contributed by atoms with Crippen molar-refractivity contribution in [3.05, 3.63) is 23.8 Å². The number of ether oxygens (including phenoxy) is 1. The Hall–Kier alpha value is -1.60. The molecule has 1 saturated heterocycles. The number of amides is 1. The number of carbonyl (C=O) groups is 1. The highest BCUT2D eigenvalue weighted by atomic mass is 32.2. The Kier molecular flexibility index (Phi) is 3.86. The number of nitrogens with one attached hydrogen (secondary N) is 2. The van der Waals surface area contributed by atoms with E-state index in [1.165, 1.54) is 6.07 Å². The zero-order valence-corrected chi connectivity index (χ0v) is 12.4.